The van der Waals surface area contributed by atoms with Crippen LogP contribution in [-0.4, -0.2) is 23.1 Å². The van der Waals surface area contributed by atoms with Crippen molar-refractivity contribution >= 4 is 49.7 Å². The van der Waals surface area contributed by atoms with E-state index in [1.165, 1.54) is 16.2 Å². The summed E-state index contributed by atoms with van der Waals surface area (Å²) in [6.45, 7) is 0.743. The van der Waals surface area contributed by atoms with Gasteiger partial charge in [-0.05, 0) is 34.8 Å². The van der Waals surface area contributed by atoms with Gasteiger partial charge in [0, 0.05) is 27.7 Å². The molecule has 0 atom stereocenters. The zero-order chi connectivity index (χ0) is 14.3. The second-order valence-corrected chi connectivity index (χ2v) is 7.77. The minimum absolute atomic E-state index is 0.357. The molecule has 0 aliphatic heterocycles. The summed E-state index contributed by atoms with van der Waals surface area (Å²) in [5.74, 6) is -0.502. The predicted octanol–water partition coefficient (Wildman–Crippen LogP) is 4.18. The predicted molar refractivity (Wildman–Crippen MR) is 85.2 cm³/mol. The van der Waals surface area contributed by atoms with Crippen LogP contribution in [0.2, 0.25) is 0 Å². The molecule has 2 heterocycles. The van der Waals surface area contributed by atoms with Crippen molar-refractivity contribution in [3.63, 3.8) is 0 Å². The van der Waals surface area contributed by atoms with E-state index >= 15 is 0 Å². The van der Waals surface area contributed by atoms with Gasteiger partial charge in [-0.2, -0.15) is 0 Å². The third-order valence-corrected chi connectivity index (χ3v) is 6.00. The minimum Gasteiger partial charge on any atom is -0.477 e. The van der Waals surface area contributed by atoms with Crippen molar-refractivity contribution in [1.29, 1.82) is 0 Å². The van der Waals surface area contributed by atoms with E-state index in [4.69, 9.17) is 0 Å². The molecule has 0 radical (unpaired) electrons. The normalized spacial score (nSPS) is 14.5. The van der Waals surface area contributed by atoms with E-state index < -0.39 is 5.97 Å². The number of thiazole rings is 1. The molecule has 2 aromatic rings. The average Bonchev–Trinajstić information content (AvgIpc) is 3.00. The molecular weight excluding hydrogens is 360 g/mol. The highest BCUT2D eigenvalue weighted by Crippen LogP contribution is 2.44. The van der Waals surface area contributed by atoms with Crippen LogP contribution >= 0.6 is 38.6 Å². The smallest absolute Gasteiger partial charge is 0.347 e. The van der Waals surface area contributed by atoms with Gasteiger partial charge in [-0.25, -0.2) is 9.78 Å². The van der Waals surface area contributed by atoms with Crippen molar-refractivity contribution in [3.05, 3.63) is 31.4 Å². The molecule has 0 amide bonds. The Labute approximate surface area is 133 Å². The highest BCUT2D eigenvalue weighted by atomic mass is 79.9. The minimum atomic E-state index is -0.858. The highest BCUT2D eigenvalue weighted by Gasteiger charge is 2.32. The molecule has 106 valence electrons. The number of halogens is 1. The van der Waals surface area contributed by atoms with Crippen molar-refractivity contribution in [2.45, 2.75) is 25.3 Å². The van der Waals surface area contributed by atoms with Gasteiger partial charge in [-0.3, -0.25) is 0 Å². The van der Waals surface area contributed by atoms with Gasteiger partial charge < -0.3 is 10.0 Å². The SMILES string of the molecule is CN(Cc1cc(Br)cs1)c1nc(C2CC2)c(C(=O)O)s1. The molecule has 4 nitrogen and oxygen atoms in total. The summed E-state index contributed by atoms with van der Waals surface area (Å²) >= 11 is 6.40. The molecule has 1 saturated carbocycles. The van der Waals surface area contributed by atoms with Gasteiger partial charge in [-0.1, -0.05) is 11.3 Å². The Hall–Kier alpha value is -0.920. The van der Waals surface area contributed by atoms with Crippen LogP contribution in [0.3, 0.4) is 0 Å². The number of nitrogens with zero attached hydrogens (tertiary/aromatic N) is 2. The maximum Gasteiger partial charge on any atom is 0.347 e. The van der Waals surface area contributed by atoms with Crippen LogP contribution in [0.1, 0.15) is 39.0 Å². The monoisotopic (exact) mass is 372 g/mol. The second-order valence-electron chi connectivity index (χ2n) is 4.88. The maximum atomic E-state index is 11.3. The number of anilines is 1. The molecule has 0 spiro atoms. The Balaban J connectivity index is 1.82. The molecule has 1 N–H and O–H groups in total. The van der Waals surface area contributed by atoms with Crippen molar-refractivity contribution < 1.29 is 9.90 Å². The summed E-state index contributed by atoms with van der Waals surface area (Å²) in [7, 11) is 1.95. The van der Waals surface area contributed by atoms with Gasteiger partial charge in [0.1, 0.15) is 4.88 Å². The lowest BCUT2D eigenvalue weighted by molar-refractivity contribution is 0.0700. The molecular formula is C13H13BrN2O2S2. The standard InChI is InChI=1S/C13H13BrN2O2S2/c1-16(5-9-4-8(14)6-19-9)13-15-10(7-2-3-7)11(20-13)12(17)18/h4,6-7H,2-3,5H2,1H3,(H,17,18). The van der Waals surface area contributed by atoms with E-state index in [2.05, 4.69) is 27.0 Å². The first-order chi connectivity index (χ1) is 9.54. The Kier molecular flexibility index (Phi) is 3.83. The first-order valence-corrected chi connectivity index (χ1v) is 8.71. The first kappa shape index (κ1) is 14.0. The van der Waals surface area contributed by atoms with Crippen molar-refractivity contribution in [3.8, 4) is 0 Å². The van der Waals surface area contributed by atoms with Gasteiger partial charge in [-0.15, -0.1) is 11.3 Å². The fourth-order valence-electron chi connectivity index (χ4n) is 2.01. The zero-order valence-electron chi connectivity index (χ0n) is 10.8. The number of carbonyl (C=O) groups is 1. The van der Waals surface area contributed by atoms with Gasteiger partial charge >= 0.3 is 5.97 Å². The Morgan fingerprint density at radius 3 is 2.90 bits per heavy atom. The lowest BCUT2D eigenvalue weighted by atomic mass is 10.2. The number of rotatable bonds is 5. The Morgan fingerprint density at radius 1 is 1.60 bits per heavy atom. The van der Waals surface area contributed by atoms with Gasteiger partial charge in [0.15, 0.2) is 5.13 Å². The summed E-state index contributed by atoms with van der Waals surface area (Å²) in [5.41, 5.74) is 0.775. The molecule has 1 aliphatic carbocycles. The maximum absolute atomic E-state index is 11.3. The van der Waals surface area contributed by atoms with Crippen molar-refractivity contribution in [1.82, 2.24) is 4.98 Å². The number of carboxylic acid groups (broad SMARTS) is 1. The van der Waals surface area contributed by atoms with E-state index in [1.54, 1.807) is 11.3 Å². The largest absolute Gasteiger partial charge is 0.477 e. The van der Waals surface area contributed by atoms with Gasteiger partial charge in [0.25, 0.3) is 0 Å². The molecule has 3 rings (SSSR count). The van der Waals surface area contributed by atoms with E-state index in [9.17, 15) is 9.90 Å². The average molecular weight is 373 g/mol. The van der Waals surface area contributed by atoms with E-state index in [-0.39, 0.29) is 0 Å². The lowest BCUT2D eigenvalue weighted by Gasteiger charge is -2.14. The Morgan fingerprint density at radius 2 is 2.35 bits per heavy atom. The van der Waals surface area contributed by atoms with Gasteiger partial charge in [0.05, 0.1) is 12.2 Å². The fraction of sp³-hybridized carbons (Fsp3) is 0.385. The van der Waals surface area contributed by atoms with E-state index in [0.717, 1.165) is 34.7 Å². The number of hydrogen-bond acceptors (Lipinski definition) is 5. The summed E-state index contributed by atoms with van der Waals surface area (Å²) in [5, 5.41) is 12.1. The van der Waals surface area contributed by atoms with Crippen LogP contribution < -0.4 is 4.90 Å². The first-order valence-electron chi connectivity index (χ1n) is 6.22. The summed E-state index contributed by atoms with van der Waals surface area (Å²) in [6, 6.07) is 2.08. The van der Waals surface area contributed by atoms with Crippen molar-refractivity contribution in [2.24, 2.45) is 0 Å². The lowest BCUT2D eigenvalue weighted by Crippen LogP contribution is -2.15. The number of aromatic carboxylic acids is 1. The number of carboxylic acids is 1. The van der Waals surface area contributed by atoms with E-state index in [1.807, 2.05) is 17.3 Å². The van der Waals surface area contributed by atoms with Crippen LogP contribution in [0.5, 0.6) is 0 Å². The van der Waals surface area contributed by atoms with Crippen LogP contribution in [0.4, 0.5) is 5.13 Å². The Bertz CT molecular complexity index is 649. The number of thiophene rings is 1. The molecule has 2 aromatic heterocycles. The van der Waals surface area contributed by atoms with Crippen molar-refractivity contribution in [2.75, 3.05) is 11.9 Å². The topological polar surface area (TPSA) is 53.4 Å². The molecule has 1 aliphatic rings. The quantitative estimate of drug-likeness (QED) is 0.854. The molecule has 20 heavy (non-hydrogen) atoms. The molecule has 1 fully saturated rings. The number of hydrogen-bond donors (Lipinski definition) is 1. The molecule has 0 unspecified atom stereocenters. The van der Waals surface area contributed by atoms with Crippen LogP contribution in [0.25, 0.3) is 0 Å². The fourth-order valence-corrected chi connectivity index (χ4v) is 4.46. The highest BCUT2D eigenvalue weighted by molar-refractivity contribution is 9.10. The molecule has 0 aromatic carbocycles. The van der Waals surface area contributed by atoms with Crippen LogP contribution in [0.15, 0.2) is 15.9 Å². The third kappa shape index (κ3) is 2.89. The van der Waals surface area contributed by atoms with Crippen LogP contribution in [0, 0.1) is 0 Å². The van der Waals surface area contributed by atoms with E-state index in [0.29, 0.717) is 10.8 Å². The van der Waals surface area contributed by atoms with Gasteiger partial charge in [0.2, 0.25) is 0 Å². The summed E-state index contributed by atoms with van der Waals surface area (Å²) < 4.78 is 1.08. The molecule has 0 saturated heterocycles. The zero-order valence-corrected chi connectivity index (χ0v) is 14.0. The summed E-state index contributed by atoms with van der Waals surface area (Å²) in [6.07, 6.45) is 2.12. The number of aromatic nitrogens is 1. The molecule has 7 heteroatoms. The summed E-state index contributed by atoms with van der Waals surface area (Å²) in [4.78, 5) is 19.5. The molecule has 0 bridgehead atoms. The van der Waals surface area contributed by atoms with Crippen LogP contribution in [-0.2, 0) is 6.54 Å². The second kappa shape index (κ2) is 5.46. The third-order valence-electron chi connectivity index (χ3n) is 3.14.